The summed E-state index contributed by atoms with van der Waals surface area (Å²) >= 11 is 6.84. The molecule has 2 saturated heterocycles. The number of amides is 8. The first-order valence-corrected chi connectivity index (χ1v) is 43.7. The van der Waals surface area contributed by atoms with E-state index in [1.54, 1.807) is 57.3 Å². The maximum atomic E-state index is 14.4. The first kappa shape index (κ1) is 103. The highest BCUT2D eigenvalue weighted by atomic mass is 35.5. The number of primary amides is 1. The quantitative estimate of drug-likeness (QED) is 0.0104. The fourth-order valence-corrected chi connectivity index (χ4v) is 15.2. The number of fused-ring (bicyclic) bond motifs is 8. The summed E-state index contributed by atoms with van der Waals surface area (Å²) in [5.74, 6) is -3.95. The van der Waals surface area contributed by atoms with E-state index >= 15 is 0 Å². The average molecular weight is 1780 g/mol. The van der Waals surface area contributed by atoms with Gasteiger partial charge in [-0.2, -0.15) is 0 Å². The lowest BCUT2D eigenvalue weighted by Gasteiger charge is -2.42. The van der Waals surface area contributed by atoms with Crippen molar-refractivity contribution >= 4 is 82.6 Å². The Hall–Kier alpha value is -9.74. The molecule has 694 valence electrons. The number of carbonyl (C=O) groups excluding carboxylic acids is 11. The Balaban J connectivity index is 0.000000423. The molecule has 33 heteroatoms. The van der Waals surface area contributed by atoms with Gasteiger partial charge < -0.3 is 103 Å². The van der Waals surface area contributed by atoms with Crippen LogP contribution in [0, 0.1) is 24.7 Å². The number of rotatable bonds is 47. The summed E-state index contributed by atoms with van der Waals surface area (Å²) < 4.78 is 67.5. The Morgan fingerprint density at radius 1 is 0.770 bits per heavy atom. The predicted octanol–water partition coefficient (Wildman–Crippen LogP) is 10.5. The summed E-state index contributed by atoms with van der Waals surface area (Å²) in [5, 5.41) is 22.6. The summed E-state index contributed by atoms with van der Waals surface area (Å²) in [7, 11) is 5.97. The number of Topliss-reactive ketones (excluding diaryl/α,β-unsaturated/α-hetero) is 3. The van der Waals surface area contributed by atoms with Crippen LogP contribution in [0.25, 0.3) is 11.1 Å². The van der Waals surface area contributed by atoms with Gasteiger partial charge in [-0.25, -0.2) is 24.0 Å². The molecule has 8 rings (SSSR count). The lowest BCUT2D eigenvalue weighted by Crippen LogP contribution is -2.63. The number of aryl methyl sites for hydroxylation is 1. The lowest BCUT2D eigenvalue weighted by molar-refractivity contribution is -0.162. The van der Waals surface area contributed by atoms with Gasteiger partial charge in [-0.05, 0) is 130 Å². The van der Waals surface area contributed by atoms with Gasteiger partial charge in [0.1, 0.15) is 49.0 Å². The number of likely N-dealkylation sites (N-methyl/N-ethyl adjacent to an activating group) is 1. The van der Waals surface area contributed by atoms with Gasteiger partial charge >= 0.3 is 30.3 Å². The van der Waals surface area contributed by atoms with Crippen LogP contribution < -0.4 is 31.9 Å². The smallest absolute Gasteiger partial charge is 0.409 e. The fraction of sp³-hybridized carbons (Fsp3) is 0.581. The molecule has 1 aliphatic carbocycles. The Bertz CT molecular complexity index is 4270. The van der Waals surface area contributed by atoms with Crippen LogP contribution in [-0.4, -0.2) is 262 Å². The van der Waals surface area contributed by atoms with Gasteiger partial charge in [-0.15, -0.1) is 0 Å². The average Bonchev–Trinajstić information content (AvgIpc) is 1.57. The topological polar surface area (TPSA) is 406 Å². The van der Waals surface area contributed by atoms with Crippen LogP contribution in [0.1, 0.15) is 159 Å². The number of hydrogen-bond donors (Lipinski definition) is 6. The number of nitrogens with two attached hydrogens (primary N) is 1. The molecule has 0 aromatic heterocycles. The van der Waals surface area contributed by atoms with E-state index in [1.165, 1.54) is 60.9 Å². The molecule has 2 fully saturated rings. The molecule has 126 heavy (non-hydrogen) atoms. The molecule has 3 heterocycles. The lowest BCUT2D eigenvalue weighted by atomic mass is 9.83. The standard InChI is InChI=1S/C60H84ClN7O15.C33H47NO9/c1-34(2)43(28-37(5)69)54(73)64-44(17-14-24-63-56(62)75)46(70)30-40-20-22-41(23-21-40)33-80-58(77)66(9)25-15-19-50(71)67(10)39(7)55(74)82-49-31-51(72)68(11)45-29-42(27-36(4)52(45)61)26-35(3)16-13-18-48(79-12)60(78)32-47(81-57(76)65-60)38(6)53-59(49,8)83-53;1-2-13-37-15-17-39-19-21-41-23-24-42-22-20-40-18-16-38-14-7-8-27(35)25-34-33(36)43-26-32-30-11-5-3-9-28(30)29-10-4-6-12-31(29)32/h13,16,18,20-23,27,29,34,38-39,43-44,47-49,53,78H,14-15,17,19,24-26,28,30-33H2,1-12H3,(H,64,73)(H,65,76)(H3,62,63,75);3-6,9-12,32H,2,7-8,13-26H2,1H3,(H,34,36)/b18-13+,35-16+;/t38-,39+,43+,44+,47+,48-,49+,53?,59+,60-;/m1./s1. The molecule has 1 unspecified atom stereocenters. The molecule has 3 aliphatic heterocycles. The molecular weight excluding hydrogens is 1650 g/mol. The van der Waals surface area contributed by atoms with Crippen molar-refractivity contribution in [3.63, 3.8) is 0 Å². The number of hydrogen-bond acceptors (Lipinski definition) is 24. The van der Waals surface area contributed by atoms with Crippen molar-refractivity contribution in [2.75, 3.05) is 139 Å². The second kappa shape index (κ2) is 52.5. The fourth-order valence-electron chi connectivity index (χ4n) is 15.0. The zero-order chi connectivity index (χ0) is 92.0. The largest absolute Gasteiger partial charge is 0.457 e. The monoisotopic (exact) mass is 1780 g/mol. The van der Waals surface area contributed by atoms with Gasteiger partial charge in [0.2, 0.25) is 17.7 Å². The molecule has 10 atom stereocenters. The summed E-state index contributed by atoms with van der Waals surface area (Å²) in [6.45, 7) is 22.6. The molecule has 0 radical (unpaired) electrons. The Labute approximate surface area is 744 Å². The van der Waals surface area contributed by atoms with Crippen molar-refractivity contribution in [3.05, 3.63) is 147 Å². The van der Waals surface area contributed by atoms with E-state index < -0.39 is 108 Å². The molecule has 32 nitrogen and oxygen atoms in total. The number of halogens is 1. The van der Waals surface area contributed by atoms with Crippen molar-refractivity contribution in [3.8, 4) is 11.1 Å². The summed E-state index contributed by atoms with van der Waals surface area (Å²) in [4.78, 5) is 146. The molecular formula is C93H131ClN8O24. The Morgan fingerprint density at radius 2 is 1.37 bits per heavy atom. The number of anilines is 1. The van der Waals surface area contributed by atoms with Crippen LogP contribution >= 0.6 is 11.6 Å². The van der Waals surface area contributed by atoms with E-state index in [9.17, 15) is 57.8 Å². The van der Waals surface area contributed by atoms with Crippen LogP contribution in [0.5, 0.6) is 0 Å². The number of nitrogens with zero attached hydrogens (tertiary/aromatic N) is 3. The number of alkyl carbamates (subject to hydrolysis) is 2. The third kappa shape index (κ3) is 32.8. The van der Waals surface area contributed by atoms with Gasteiger partial charge in [-0.3, -0.25) is 29.3 Å². The summed E-state index contributed by atoms with van der Waals surface area (Å²) in [6.07, 6.45) is 2.00. The molecule has 0 saturated carbocycles. The van der Waals surface area contributed by atoms with Crippen molar-refractivity contribution in [2.24, 2.45) is 23.5 Å². The van der Waals surface area contributed by atoms with Crippen LogP contribution in [0.2, 0.25) is 5.02 Å². The number of allylic oxidation sites excluding steroid dienone is 3. The van der Waals surface area contributed by atoms with Crippen LogP contribution in [0.3, 0.4) is 0 Å². The highest BCUT2D eigenvalue weighted by Crippen LogP contribution is 2.50. The predicted molar refractivity (Wildman–Crippen MR) is 471 cm³/mol. The van der Waals surface area contributed by atoms with E-state index in [1.807, 2.05) is 70.2 Å². The SMILES string of the molecule is CCCOCCOCCOCCOCCOCCOCCCC(=O)CNC(=O)OCC1c2ccccc2-c2ccccc21.CO[C@@H]1/C=C/C=C(\C)Cc2cc(C)c(Cl)c(c2)N(C)C(=O)C[C@H](OC(=O)[C@H](C)N(C)C(=O)CCCN(C)C(=O)OCc2ccc(CC(=O)[C@H](CCCNC(N)=O)NC(=O)[C@@H](CC(C)=O)C(C)C)cc2)[C@]2(C)OC2[C@H](C)[C@@H]2C[C@]1(O)NC(=O)O2. The van der Waals surface area contributed by atoms with Crippen LogP contribution in [-0.2, 0) is 110 Å². The third-order valence-electron chi connectivity index (χ3n) is 22.5. The summed E-state index contributed by atoms with van der Waals surface area (Å²) in [6, 6.07) is 24.2. The molecule has 4 bridgehead atoms. The van der Waals surface area contributed by atoms with Gasteiger partial charge in [0.15, 0.2) is 17.3 Å². The summed E-state index contributed by atoms with van der Waals surface area (Å²) in [5.41, 5.74) is 10.9. The zero-order valence-corrected chi connectivity index (χ0v) is 76.0. The normalized spacial score (nSPS) is 20.4. The second-order valence-corrected chi connectivity index (χ2v) is 33.2. The minimum absolute atomic E-state index is 0.0146. The Morgan fingerprint density at radius 3 is 1.95 bits per heavy atom. The van der Waals surface area contributed by atoms with E-state index in [-0.39, 0.29) is 107 Å². The minimum atomic E-state index is -1.88. The maximum Gasteiger partial charge on any atom is 0.409 e. The number of urea groups is 1. The number of nitrogens with one attached hydrogen (secondary N) is 4. The number of carbonyl (C=O) groups is 11. The first-order chi connectivity index (χ1) is 60.2. The zero-order valence-electron chi connectivity index (χ0n) is 75.2. The first-order valence-electron chi connectivity index (χ1n) is 43.3. The van der Waals surface area contributed by atoms with Crippen LogP contribution in [0.4, 0.5) is 24.9 Å². The number of epoxide rings is 1. The number of ketones is 3. The Kier molecular flexibility index (Phi) is 43.1. The number of methoxy groups -OCH3 is 1. The van der Waals surface area contributed by atoms with E-state index in [0.717, 1.165) is 40.9 Å². The van der Waals surface area contributed by atoms with E-state index in [2.05, 4.69) is 52.5 Å². The third-order valence-corrected chi connectivity index (χ3v) is 23.0. The van der Waals surface area contributed by atoms with Crippen molar-refractivity contribution in [1.29, 1.82) is 0 Å². The number of esters is 1. The molecule has 4 aliphatic rings. The van der Waals surface area contributed by atoms with Crippen molar-refractivity contribution in [2.45, 2.75) is 200 Å². The minimum Gasteiger partial charge on any atom is -0.457 e. The number of aliphatic hydroxyl groups is 1. The van der Waals surface area contributed by atoms with Gasteiger partial charge in [0, 0.05) is 104 Å². The second-order valence-electron chi connectivity index (χ2n) is 32.8. The van der Waals surface area contributed by atoms with E-state index in [0.29, 0.717) is 120 Å². The molecule has 0 spiro atoms. The van der Waals surface area contributed by atoms with Crippen molar-refractivity contribution < 1.29 is 115 Å². The molecule has 4 aromatic carbocycles. The van der Waals surface area contributed by atoms with Gasteiger partial charge in [0.25, 0.3) is 0 Å². The number of ether oxygens (including phenoxy) is 12. The molecule has 4 aromatic rings. The van der Waals surface area contributed by atoms with Gasteiger partial charge in [0.05, 0.1) is 102 Å². The highest BCUT2D eigenvalue weighted by Gasteiger charge is 2.65. The maximum absolute atomic E-state index is 14.4. The molecule has 8 amide bonds. The van der Waals surface area contributed by atoms with Crippen LogP contribution in [0.15, 0.2) is 109 Å². The van der Waals surface area contributed by atoms with Gasteiger partial charge in [-0.1, -0.05) is 142 Å². The number of benzene rings is 4. The van der Waals surface area contributed by atoms with Crippen molar-refractivity contribution in [1.82, 2.24) is 31.1 Å². The highest BCUT2D eigenvalue weighted by molar-refractivity contribution is 6.34. The molecule has 7 N–H and O–H groups in total. The van der Waals surface area contributed by atoms with E-state index in [4.69, 9.17) is 74.2 Å².